The summed E-state index contributed by atoms with van der Waals surface area (Å²) < 4.78 is 35.5. The normalized spacial score (nSPS) is 23.3. The van der Waals surface area contributed by atoms with Crippen LogP contribution in [0.3, 0.4) is 0 Å². The molecule has 1 saturated heterocycles. The van der Waals surface area contributed by atoms with Gasteiger partial charge in [0.2, 0.25) is 0 Å². The van der Waals surface area contributed by atoms with Crippen molar-refractivity contribution in [2.24, 2.45) is 65.1 Å². The lowest BCUT2D eigenvalue weighted by molar-refractivity contribution is -0.187. The third kappa shape index (κ3) is 57.2. The van der Waals surface area contributed by atoms with Crippen LogP contribution in [0.1, 0.15) is 308 Å². The minimum absolute atomic E-state index is 0. The number of aromatic nitrogens is 4. The number of aryl methyl sites for hydroxylation is 12. The number of hydrogen-bond donors (Lipinski definition) is 0. The van der Waals surface area contributed by atoms with E-state index in [9.17, 15) is 8.78 Å². The molecule has 0 radical (unpaired) electrons. The number of benzene rings is 3. The Morgan fingerprint density at radius 1 is 0.255 bits per heavy atom. The molecule has 8 heteroatoms. The van der Waals surface area contributed by atoms with Crippen LogP contribution in [0.2, 0.25) is 0 Å². The summed E-state index contributed by atoms with van der Waals surface area (Å²) in [6.07, 6.45) is 36.8. The summed E-state index contributed by atoms with van der Waals surface area (Å²) in [5, 5.41) is 0. The monoisotopic (exact) mass is 1420 g/mol. The zero-order valence-electron chi connectivity index (χ0n) is 67.2. The van der Waals surface area contributed by atoms with Gasteiger partial charge >= 0.3 is 0 Å². The molecule has 5 saturated carbocycles. The van der Waals surface area contributed by atoms with Gasteiger partial charge in [-0.1, -0.05) is 306 Å². The van der Waals surface area contributed by atoms with Gasteiger partial charge in [0.25, 0.3) is 0 Å². The molecule has 0 amide bonds. The topological polar surface area (TPSA) is 70.0 Å². The SMILES string of the molecule is C.C.C.C.CC1CCC(C)CC1.CC1CCC(C)CC1.CC1CCC(C)CC1.CC1CCC(C)CC1.CC1CCC(C)CC1.CC1COC(C)OC1.Cc1ccc(C)c(F)c1.Cc1ccc(C)c(F)c1.Cc1ccc(C)cc1.Cc1ccc(C)nc1.Cc1ccc(C)nc1.Cc1cnc(C)nc1. The average molecular weight is 1420 g/mol. The molecular weight excluding hydrogens is 1260 g/mol. The van der Waals surface area contributed by atoms with Gasteiger partial charge in [0.1, 0.15) is 17.5 Å². The summed E-state index contributed by atoms with van der Waals surface area (Å²) >= 11 is 0. The van der Waals surface area contributed by atoms with E-state index in [0.717, 1.165) is 106 Å². The minimum Gasteiger partial charge on any atom is -0.353 e. The van der Waals surface area contributed by atoms with Gasteiger partial charge in [0.15, 0.2) is 6.29 Å². The first-order valence-corrected chi connectivity index (χ1v) is 38.5. The van der Waals surface area contributed by atoms with Crippen LogP contribution in [0.5, 0.6) is 0 Å². The maximum atomic E-state index is 12.6. The van der Waals surface area contributed by atoms with E-state index < -0.39 is 0 Å². The maximum absolute atomic E-state index is 12.6. The van der Waals surface area contributed by atoms with E-state index in [1.54, 1.807) is 26.0 Å². The van der Waals surface area contributed by atoms with Gasteiger partial charge in [0.05, 0.1) is 13.2 Å². The van der Waals surface area contributed by atoms with Crippen molar-refractivity contribution in [2.75, 3.05) is 13.2 Å². The lowest BCUT2D eigenvalue weighted by Gasteiger charge is -2.24. The molecule has 6 nitrogen and oxygen atoms in total. The molecular formula is C94H162F2N4O2. The Kier molecular flexibility index (Phi) is 61.7. The highest BCUT2D eigenvalue weighted by atomic mass is 19.1. The molecule has 5 aliphatic carbocycles. The largest absolute Gasteiger partial charge is 0.353 e. The van der Waals surface area contributed by atoms with Crippen LogP contribution in [0.15, 0.2) is 110 Å². The molecule has 3 aromatic heterocycles. The molecule has 3 aromatic carbocycles. The number of ether oxygens (including phenoxy) is 2. The molecule has 12 rings (SSSR count). The van der Waals surface area contributed by atoms with Gasteiger partial charge in [-0.15, -0.1) is 0 Å². The van der Waals surface area contributed by atoms with Crippen LogP contribution < -0.4 is 0 Å². The molecule has 6 fully saturated rings. The Bertz CT molecular complexity index is 2310. The Balaban J connectivity index is -0.000000512. The van der Waals surface area contributed by atoms with E-state index in [1.165, 1.54) is 163 Å². The highest BCUT2D eigenvalue weighted by molar-refractivity contribution is 5.23. The first-order chi connectivity index (χ1) is 46.3. The highest BCUT2D eigenvalue weighted by Crippen LogP contribution is 2.30. The summed E-state index contributed by atoms with van der Waals surface area (Å²) in [5.74, 6) is 11.4. The van der Waals surface area contributed by atoms with E-state index in [-0.39, 0.29) is 47.6 Å². The first-order valence-electron chi connectivity index (χ1n) is 38.5. The Morgan fingerprint density at radius 3 is 0.627 bits per heavy atom. The smallest absolute Gasteiger partial charge is 0.154 e. The Morgan fingerprint density at radius 2 is 0.461 bits per heavy atom. The second-order valence-electron chi connectivity index (χ2n) is 31.6. The number of rotatable bonds is 0. The van der Waals surface area contributed by atoms with Crippen molar-refractivity contribution >= 4 is 0 Å². The van der Waals surface area contributed by atoms with Crippen LogP contribution >= 0.6 is 0 Å². The summed E-state index contributed by atoms with van der Waals surface area (Å²) in [6, 6.07) is 27.1. The van der Waals surface area contributed by atoms with Crippen molar-refractivity contribution in [2.45, 2.75) is 331 Å². The molecule has 102 heavy (non-hydrogen) atoms. The van der Waals surface area contributed by atoms with Crippen molar-refractivity contribution < 1.29 is 18.3 Å². The molecule has 0 N–H and O–H groups in total. The number of nitrogens with zero attached hydrogens (tertiary/aromatic N) is 4. The molecule has 584 valence electrons. The second kappa shape index (κ2) is 61.0. The second-order valence-corrected chi connectivity index (χ2v) is 31.6. The van der Waals surface area contributed by atoms with E-state index in [2.05, 4.69) is 146 Å². The molecule has 6 aliphatic rings. The lowest BCUT2D eigenvalue weighted by Crippen LogP contribution is -2.27. The van der Waals surface area contributed by atoms with Crippen LogP contribution in [-0.4, -0.2) is 39.4 Å². The van der Waals surface area contributed by atoms with Crippen LogP contribution in [0, 0.1) is 160 Å². The zero-order chi connectivity index (χ0) is 73.5. The maximum Gasteiger partial charge on any atom is 0.154 e. The van der Waals surface area contributed by atoms with Crippen LogP contribution in [-0.2, 0) is 9.47 Å². The van der Waals surface area contributed by atoms with Gasteiger partial charge in [-0.2, -0.15) is 0 Å². The molecule has 0 unspecified atom stereocenters. The predicted octanol–water partition coefficient (Wildman–Crippen LogP) is 29.4. The summed E-state index contributed by atoms with van der Waals surface area (Å²) in [4.78, 5) is 16.1. The van der Waals surface area contributed by atoms with Crippen LogP contribution in [0.4, 0.5) is 8.78 Å². The molecule has 1 aliphatic heterocycles. The molecule has 0 bridgehead atoms. The fourth-order valence-electron chi connectivity index (χ4n) is 11.4. The number of pyridine rings is 2. The summed E-state index contributed by atoms with van der Waals surface area (Å²) in [7, 11) is 0. The zero-order valence-corrected chi connectivity index (χ0v) is 67.2. The lowest BCUT2D eigenvalue weighted by atomic mass is 9.84. The van der Waals surface area contributed by atoms with E-state index in [0.29, 0.717) is 17.0 Å². The Hall–Kier alpha value is -5.18. The van der Waals surface area contributed by atoms with Crippen molar-refractivity contribution in [3.8, 4) is 0 Å². The van der Waals surface area contributed by atoms with Crippen molar-refractivity contribution in [1.29, 1.82) is 0 Å². The van der Waals surface area contributed by atoms with E-state index >= 15 is 0 Å². The quantitative estimate of drug-likeness (QED) is 0.151. The highest BCUT2D eigenvalue weighted by Gasteiger charge is 2.17. The van der Waals surface area contributed by atoms with E-state index in [1.807, 2.05) is 111 Å². The van der Waals surface area contributed by atoms with Gasteiger partial charge in [-0.25, -0.2) is 18.7 Å². The molecule has 4 heterocycles. The average Bonchev–Trinajstić information content (AvgIpc) is 0.924. The van der Waals surface area contributed by atoms with Gasteiger partial charge in [0, 0.05) is 42.1 Å². The van der Waals surface area contributed by atoms with Crippen LogP contribution in [0.25, 0.3) is 0 Å². The van der Waals surface area contributed by atoms with Crippen molar-refractivity contribution in [3.63, 3.8) is 0 Å². The fraction of sp³-hybridized carbons (Fsp3) is 0.660. The first kappa shape index (κ1) is 103. The van der Waals surface area contributed by atoms with Crippen molar-refractivity contribution in [1.82, 2.24) is 19.9 Å². The summed E-state index contributed by atoms with van der Waals surface area (Å²) in [5.41, 5.74) is 11.7. The van der Waals surface area contributed by atoms with Crippen molar-refractivity contribution in [3.05, 3.63) is 189 Å². The van der Waals surface area contributed by atoms with Gasteiger partial charge in [-0.3, -0.25) is 9.97 Å². The van der Waals surface area contributed by atoms with E-state index in [4.69, 9.17) is 9.47 Å². The number of halogens is 2. The molecule has 0 atom stereocenters. The summed E-state index contributed by atoms with van der Waals surface area (Å²) in [6.45, 7) is 52.8. The minimum atomic E-state index is -0.116. The molecule has 0 spiro atoms. The van der Waals surface area contributed by atoms with Gasteiger partial charge < -0.3 is 9.47 Å². The Labute approximate surface area is 632 Å². The third-order valence-corrected chi connectivity index (χ3v) is 19.7. The third-order valence-electron chi connectivity index (χ3n) is 19.7. The molecule has 6 aromatic rings. The standard InChI is InChI=1S/2C8H9F.5C8H16.C8H10.2C7H9N.C6H8N2.C6H12O2.4CH4/c2*1-6-3-4-7(2)8(9)5-6;6*1-7-3-5-8(2)6-4-7;2*1-6-3-4-7(2)8-5-6;2*1-5-3-7-6(2)8-4-5;;;;/h2*3-5H,1-2H3;5*7-8H,3-6H2,1-2H3;3-6H,1-2H3;2*3-5H,1-2H3;3-4H,1-2H3;5-6H,3-4H2,1-2H3;4*1H4. The fourth-order valence-corrected chi connectivity index (χ4v) is 11.4. The predicted molar refractivity (Wildman–Crippen MR) is 448 cm³/mol. The number of hydrogen-bond acceptors (Lipinski definition) is 6. The van der Waals surface area contributed by atoms with Gasteiger partial charge in [-0.05, 0) is 212 Å².